The second-order valence-corrected chi connectivity index (χ2v) is 7.31. The van der Waals surface area contributed by atoms with Crippen molar-refractivity contribution in [2.45, 2.75) is 50.7 Å². The number of hydrogen-bond donors (Lipinski definition) is 0. The van der Waals surface area contributed by atoms with Gasteiger partial charge in [0.15, 0.2) is 0 Å². The van der Waals surface area contributed by atoms with Crippen molar-refractivity contribution in [2.24, 2.45) is 0 Å². The highest BCUT2D eigenvalue weighted by Crippen LogP contribution is 2.39. The first-order chi connectivity index (χ1) is 13.3. The van der Waals surface area contributed by atoms with Crippen molar-refractivity contribution in [1.29, 1.82) is 0 Å². The number of carbonyl (C=O) groups excluding carboxylic acids is 3. The Morgan fingerprint density at radius 1 is 1.29 bits per heavy atom. The first kappa shape index (κ1) is 19.8. The lowest BCUT2D eigenvalue weighted by Gasteiger charge is -2.35. The molecular formula is C19H23N3O6. The summed E-state index contributed by atoms with van der Waals surface area (Å²) in [5.74, 6) is -1.08. The molecule has 1 aromatic rings. The van der Waals surface area contributed by atoms with Gasteiger partial charge in [0.05, 0.1) is 4.92 Å². The van der Waals surface area contributed by atoms with Crippen LogP contribution in [0.2, 0.25) is 0 Å². The zero-order valence-electron chi connectivity index (χ0n) is 15.9. The number of nitrogens with zero attached hydrogens (tertiary/aromatic N) is 3. The van der Waals surface area contributed by atoms with Crippen LogP contribution < -0.4 is 0 Å². The maximum Gasteiger partial charge on any atom is 0.327 e. The summed E-state index contributed by atoms with van der Waals surface area (Å²) in [4.78, 5) is 50.6. The maximum atomic E-state index is 12.9. The van der Waals surface area contributed by atoms with Gasteiger partial charge in [0.1, 0.15) is 18.2 Å². The van der Waals surface area contributed by atoms with Crippen LogP contribution in [0.5, 0.6) is 0 Å². The van der Waals surface area contributed by atoms with E-state index in [1.165, 1.54) is 23.1 Å². The van der Waals surface area contributed by atoms with Crippen LogP contribution in [0.1, 0.15) is 50.7 Å². The van der Waals surface area contributed by atoms with Crippen LogP contribution in [0.15, 0.2) is 24.3 Å². The third-order valence-corrected chi connectivity index (χ3v) is 5.63. The third kappa shape index (κ3) is 3.44. The lowest BCUT2D eigenvalue weighted by Crippen LogP contribution is -2.49. The fraction of sp³-hybridized carbons (Fsp3) is 0.526. The normalized spacial score (nSPS) is 19.8. The zero-order chi connectivity index (χ0) is 20.5. The number of likely N-dealkylation sites (N-methyl/N-ethyl adjacent to an activating group) is 1. The molecule has 1 atom stereocenters. The average molecular weight is 389 g/mol. The van der Waals surface area contributed by atoms with E-state index in [0.717, 1.165) is 24.2 Å². The molecule has 1 saturated heterocycles. The SMILES string of the molecule is C[C@@H](OC(=O)CN1C(=O)N(C)C2(CCCCC2)C1=O)c1cccc([N+](=O)[O-])c1. The summed E-state index contributed by atoms with van der Waals surface area (Å²) in [6, 6.07) is 5.30. The summed E-state index contributed by atoms with van der Waals surface area (Å²) in [5.41, 5.74) is -0.491. The fourth-order valence-corrected chi connectivity index (χ4v) is 3.99. The third-order valence-electron chi connectivity index (χ3n) is 5.63. The van der Waals surface area contributed by atoms with Gasteiger partial charge in [-0.1, -0.05) is 31.4 Å². The Kier molecular flexibility index (Phi) is 5.35. The van der Waals surface area contributed by atoms with Crippen LogP contribution in [0.3, 0.4) is 0 Å². The number of imide groups is 1. The molecule has 28 heavy (non-hydrogen) atoms. The number of non-ortho nitro benzene ring substituents is 1. The number of amides is 3. The molecule has 0 radical (unpaired) electrons. The number of carbonyl (C=O) groups is 3. The molecule has 1 spiro atoms. The number of esters is 1. The predicted octanol–water partition coefficient (Wildman–Crippen LogP) is 2.80. The molecule has 2 aliphatic rings. The van der Waals surface area contributed by atoms with E-state index in [4.69, 9.17) is 4.74 Å². The Bertz CT molecular complexity index is 818. The molecule has 0 N–H and O–H groups in total. The van der Waals surface area contributed by atoms with Crippen molar-refractivity contribution in [2.75, 3.05) is 13.6 Å². The highest BCUT2D eigenvalue weighted by molar-refractivity contribution is 6.08. The fourth-order valence-electron chi connectivity index (χ4n) is 3.99. The quantitative estimate of drug-likeness (QED) is 0.331. The molecule has 9 nitrogen and oxygen atoms in total. The van der Waals surface area contributed by atoms with Gasteiger partial charge in [0, 0.05) is 19.2 Å². The van der Waals surface area contributed by atoms with Gasteiger partial charge < -0.3 is 9.64 Å². The molecular weight excluding hydrogens is 366 g/mol. The summed E-state index contributed by atoms with van der Waals surface area (Å²) >= 11 is 0. The Morgan fingerprint density at radius 2 is 1.96 bits per heavy atom. The lowest BCUT2D eigenvalue weighted by molar-refractivity contribution is -0.385. The number of nitro benzene ring substituents is 1. The van der Waals surface area contributed by atoms with E-state index < -0.39 is 35.1 Å². The molecule has 1 aromatic carbocycles. The monoisotopic (exact) mass is 389 g/mol. The van der Waals surface area contributed by atoms with Gasteiger partial charge >= 0.3 is 12.0 Å². The highest BCUT2D eigenvalue weighted by Gasteiger charge is 2.56. The molecule has 0 bridgehead atoms. The van der Waals surface area contributed by atoms with Crippen LogP contribution in [-0.4, -0.2) is 51.8 Å². The largest absolute Gasteiger partial charge is 0.456 e. The van der Waals surface area contributed by atoms with E-state index in [1.54, 1.807) is 20.0 Å². The predicted molar refractivity (Wildman–Crippen MR) is 98.3 cm³/mol. The van der Waals surface area contributed by atoms with Crippen LogP contribution in [0.25, 0.3) is 0 Å². The minimum Gasteiger partial charge on any atom is -0.456 e. The molecule has 9 heteroatoms. The zero-order valence-corrected chi connectivity index (χ0v) is 15.9. The number of urea groups is 1. The van der Waals surface area contributed by atoms with Gasteiger partial charge in [-0.3, -0.25) is 24.6 Å². The van der Waals surface area contributed by atoms with Crippen molar-refractivity contribution >= 4 is 23.6 Å². The Labute approximate surface area is 162 Å². The standard InChI is InChI=1S/C19H23N3O6/c1-13(14-7-6-8-15(11-14)22(26)27)28-16(23)12-21-17(24)19(20(2)18(21)25)9-4-3-5-10-19/h6-8,11,13H,3-5,9-10,12H2,1-2H3/t13-/m1/s1. The van der Waals surface area contributed by atoms with Crippen LogP contribution in [0.4, 0.5) is 10.5 Å². The number of hydrogen-bond acceptors (Lipinski definition) is 6. The highest BCUT2D eigenvalue weighted by atomic mass is 16.6. The van der Waals surface area contributed by atoms with Crippen LogP contribution in [0, 0.1) is 10.1 Å². The second kappa shape index (κ2) is 7.57. The van der Waals surface area contributed by atoms with Crippen molar-refractivity contribution in [3.63, 3.8) is 0 Å². The molecule has 1 heterocycles. The number of ether oxygens (including phenoxy) is 1. The Morgan fingerprint density at radius 3 is 2.61 bits per heavy atom. The topological polar surface area (TPSA) is 110 Å². The maximum absolute atomic E-state index is 12.9. The first-order valence-electron chi connectivity index (χ1n) is 9.30. The first-order valence-corrected chi connectivity index (χ1v) is 9.30. The van der Waals surface area contributed by atoms with Gasteiger partial charge in [-0.15, -0.1) is 0 Å². The molecule has 3 amide bonds. The number of nitro groups is 1. The van der Waals surface area contributed by atoms with Gasteiger partial charge in [-0.05, 0) is 25.3 Å². The molecule has 2 fully saturated rings. The molecule has 0 unspecified atom stereocenters. The molecule has 3 rings (SSSR count). The summed E-state index contributed by atoms with van der Waals surface area (Å²) in [6.45, 7) is 1.11. The average Bonchev–Trinajstić information content (AvgIpc) is 2.85. The minimum absolute atomic E-state index is 0.105. The van der Waals surface area contributed by atoms with Gasteiger partial charge in [-0.2, -0.15) is 0 Å². The van der Waals surface area contributed by atoms with Crippen LogP contribution in [-0.2, 0) is 14.3 Å². The van der Waals surface area contributed by atoms with Gasteiger partial charge in [0.2, 0.25) is 0 Å². The minimum atomic E-state index is -0.846. The molecule has 1 aliphatic carbocycles. The second-order valence-electron chi connectivity index (χ2n) is 7.31. The summed E-state index contributed by atoms with van der Waals surface area (Å²) in [6.07, 6.45) is 3.21. The van der Waals surface area contributed by atoms with Crippen molar-refractivity contribution < 1.29 is 24.0 Å². The number of benzene rings is 1. The smallest absolute Gasteiger partial charge is 0.327 e. The van der Waals surface area contributed by atoms with Crippen molar-refractivity contribution in [3.05, 3.63) is 39.9 Å². The van der Waals surface area contributed by atoms with Crippen molar-refractivity contribution in [1.82, 2.24) is 9.80 Å². The molecule has 0 aromatic heterocycles. The lowest BCUT2D eigenvalue weighted by atomic mass is 9.81. The summed E-state index contributed by atoms with van der Waals surface area (Å²) in [7, 11) is 1.60. The van der Waals surface area contributed by atoms with E-state index in [0.29, 0.717) is 18.4 Å². The van der Waals surface area contributed by atoms with Gasteiger partial charge in [-0.25, -0.2) is 4.79 Å². The van der Waals surface area contributed by atoms with E-state index in [9.17, 15) is 24.5 Å². The van der Waals surface area contributed by atoms with E-state index in [2.05, 4.69) is 0 Å². The summed E-state index contributed by atoms with van der Waals surface area (Å²) in [5, 5.41) is 10.9. The molecule has 150 valence electrons. The Balaban J connectivity index is 1.67. The van der Waals surface area contributed by atoms with Gasteiger partial charge in [0.25, 0.3) is 11.6 Å². The molecule has 1 aliphatic heterocycles. The Hall–Kier alpha value is -2.97. The van der Waals surface area contributed by atoms with E-state index in [1.807, 2.05) is 0 Å². The van der Waals surface area contributed by atoms with E-state index >= 15 is 0 Å². The molecule has 1 saturated carbocycles. The van der Waals surface area contributed by atoms with E-state index in [-0.39, 0.29) is 11.6 Å². The van der Waals surface area contributed by atoms with Crippen molar-refractivity contribution in [3.8, 4) is 0 Å². The number of rotatable bonds is 5. The van der Waals surface area contributed by atoms with Crippen LogP contribution >= 0.6 is 0 Å². The summed E-state index contributed by atoms with van der Waals surface area (Å²) < 4.78 is 5.31.